The van der Waals surface area contributed by atoms with E-state index in [2.05, 4.69) is 0 Å². The molecule has 5 heteroatoms. The van der Waals surface area contributed by atoms with E-state index >= 15 is 0 Å². The smallest absolute Gasteiger partial charge is 0.126 e. The molecule has 0 aromatic heterocycles. The lowest BCUT2D eigenvalue weighted by atomic mass is 10.0. The number of ether oxygens (including phenoxy) is 1. The second-order valence-corrected chi connectivity index (χ2v) is 5.19. The van der Waals surface area contributed by atoms with Crippen LogP contribution in [0.2, 0.25) is 10.0 Å². The lowest BCUT2D eigenvalue weighted by molar-refractivity contribution is 0.174. The van der Waals surface area contributed by atoms with E-state index in [0.29, 0.717) is 26.9 Å². The van der Waals surface area contributed by atoms with Gasteiger partial charge >= 0.3 is 0 Å². The van der Waals surface area contributed by atoms with Gasteiger partial charge in [0.2, 0.25) is 0 Å². The molecule has 2 aromatic carbocycles. The Hall–Kier alpha value is -1.29. The van der Waals surface area contributed by atoms with Crippen molar-refractivity contribution in [1.29, 1.82) is 0 Å². The van der Waals surface area contributed by atoms with E-state index in [-0.39, 0.29) is 12.2 Å². The molecule has 0 aliphatic heterocycles. The lowest BCUT2D eigenvalue weighted by Gasteiger charge is -2.16. The van der Waals surface area contributed by atoms with Crippen molar-refractivity contribution in [2.24, 2.45) is 0 Å². The number of hydrogen-bond donors (Lipinski definition) is 1. The monoisotopic (exact) mass is 314 g/mol. The summed E-state index contributed by atoms with van der Waals surface area (Å²) in [6.45, 7) is 0. The highest BCUT2D eigenvalue weighted by atomic mass is 35.5. The van der Waals surface area contributed by atoms with Crippen LogP contribution < -0.4 is 4.74 Å². The lowest BCUT2D eigenvalue weighted by Crippen LogP contribution is -2.05. The van der Waals surface area contributed by atoms with E-state index in [1.165, 1.54) is 25.3 Å². The second-order valence-electron chi connectivity index (χ2n) is 4.34. The number of benzene rings is 2. The molecule has 0 radical (unpaired) electrons. The number of rotatable bonds is 4. The summed E-state index contributed by atoms with van der Waals surface area (Å²) in [5.74, 6) is 0.0946. The topological polar surface area (TPSA) is 29.5 Å². The molecule has 106 valence electrons. The molecule has 1 unspecified atom stereocenters. The Morgan fingerprint density at radius 3 is 2.65 bits per heavy atom. The molecule has 2 aromatic rings. The van der Waals surface area contributed by atoms with Crippen LogP contribution in [0.25, 0.3) is 0 Å². The second kappa shape index (κ2) is 6.44. The third-order valence-corrected chi connectivity index (χ3v) is 3.58. The SMILES string of the molecule is COc1cc(Cl)ccc1C(O)Cc1cc(F)ccc1Cl. The molecule has 1 atom stereocenters. The van der Waals surface area contributed by atoms with Gasteiger partial charge in [0, 0.05) is 22.0 Å². The average Bonchev–Trinajstić information content (AvgIpc) is 2.42. The van der Waals surface area contributed by atoms with Crippen LogP contribution in [0, 0.1) is 5.82 Å². The zero-order chi connectivity index (χ0) is 14.7. The predicted octanol–water partition coefficient (Wildman–Crippen LogP) is 4.42. The van der Waals surface area contributed by atoms with Crippen LogP contribution in [0.4, 0.5) is 4.39 Å². The van der Waals surface area contributed by atoms with Gasteiger partial charge in [0.1, 0.15) is 11.6 Å². The predicted molar refractivity (Wildman–Crippen MR) is 78.1 cm³/mol. The third kappa shape index (κ3) is 3.42. The van der Waals surface area contributed by atoms with E-state index < -0.39 is 6.10 Å². The van der Waals surface area contributed by atoms with Gasteiger partial charge in [-0.15, -0.1) is 0 Å². The maximum absolute atomic E-state index is 13.2. The summed E-state index contributed by atoms with van der Waals surface area (Å²) in [5, 5.41) is 11.2. The molecular formula is C15H13Cl2FO2. The van der Waals surface area contributed by atoms with Crippen LogP contribution in [-0.2, 0) is 6.42 Å². The Morgan fingerprint density at radius 1 is 1.20 bits per heavy atom. The Balaban J connectivity index is 2.28. The van der Waals surface area contributed by atoms with Gasteiger partial charge in [-0.3, -0.25) is 0 Å². The van der Waals surface area contributed by atoms with E-state index in [1.54, 1.807) is 18.2 Å². The van der Waals surface area contributed by atoms with Crippen LogP contribution in [0.5, 0.6) is 5.75 Å². The zero-order valence-electron chi connectivity index (χ0n) is 10.7. The molecule has 0 saturated heterocycles. The normalized spacial score (nSPS) is 12.2. The van der Waals surface area contributed by atoms with E-state index in [9.17, 15) is 9.50 Å². The van der Waals surface area contributed by atoms with Gasteiger partial charge in [-0.2, -0.15) is 0 Å². The Bertz CT molecular complexity index is 617. The maximum atomic E-state index is 13.2. The van der Waals surface area contributed by atoms with Crippen molar-refractivity contribution in [1.82, 2.24) is 0 Å². The minimum atomic E-state index is -0.860. The fourth-order valence-electron chi connectivity index (χ4n) is 1.98. The fraction of sp³-hybridized carbons (Fsp3) is 0.200. The van der Waals surface area contributed by atoms with Crippen molar-refractivity contribution in [3.05, 3.63) is 63.4 Å². The summed E-state index contributed by atoms with van der Waals surface area (Å²) in [6, 6.07) is 9.02. The van der Waals surface area contributed by atoms with Gasteiger partial charge in [0.05, 0.1) is 13.2 Å². The summed E-state index contributed by atoms with van der Waals surface area (Å²) >= 11 is 11.9. The highest BCUT2D eigenvalue weighted by molar-refractivity contribution is 6.31. The fourth-order valence-corrected chi connectivity index (χ4v) is 2.34. The number of hydrogen-bond acceptors (Lipinski definition) is 2. The molecule has 0 spiro atoms. The Kier molecular flexibility index (Phi) is 4.86. The summed E-state index contributed by atoms with van der Waals surface area (Å²) in [6.07, 6.45) is -0.671. The molecule has 0 fully saturated rings. The van der Waals surface area contributed by atoms with Crippen molar-refractivity contribution in [3.63, 3.8) is 0 Å². The summed E-state index contributed by atoms with van der Waals surface area (Å²) in [7, 11) is 1.50. The van der Waals surface area contributed by atoms with Crippen LogP contribution >= 0.6 is 23.2 Å². The first kappa shape index (κ1) is 15.1. The molecule has 0 aliphatic carbocycles. The van der Waals surface area contributed by atoms with Gasteiger partial charge in [-0.25, -0.2) is 4.39 Å². The van der Waals surface area contributed by atoms with Gasteiger partial charge < -0.3 is 9.84 Å². The number of aliphatic hydroxyl groups is 1. The van der Waals surface area contributed by atoms with Crippen LogP contribution in [-0.4, -0.2) is 12.2 Å². The first-order valence-corrected chi connectivity index (χ1v) is 6.72. The first-order chi connectivity index (χ1) is 9.51. The molecule has 20 heavy (non-hydrogen) atoms. The van der Waals surface area contributed by atoms with Gasteiger partial charge in [-0.1, -0.05) is 29.3 Å². The molecular weight excluding hydrogens is 302 g/mol. The van der Waals surface area contributed by atoms with Crippen molar-refractivity contribution in [3.8, 4) is 5.75 Å². The first-order valence-electron chi connectivity index (χ1n) is 5.96. The number of methoxy groups -OCH3 is 1. The molecule has 2 nitrogen and oxygen atoms in total. The molecule has 0 bridgehead atoms. The number of halogens is 3. The van der Waals surface area contributed by atoms with Crippen molar-refractivity contribution >= 4 is 23.2 Å². The summed E-state index contributed by atoms with van der Waals surface area (Å²) in [5.41, 5.74) is 1.12. The minimum Gasteiger partial charge on any atom is -0.496 e. The van der Waals surface area contributed by atoms with Crippen LogP contribution in [0.1, 0.15) is 17.2 Å². The van der Waals surface area contributed by atoms with E-state index in [1.807, 2.05) is 0 Å². The van der Waals surface area contributed by atoms with Crippen LogP contribution in [0.15, 0.2) is 36.4 Å². The number of aliphatic hydroxyl groups excluding tert-OH is 1. The highest BCUT2D eigenvalue weighted by Crippen LogP contribution is 2.31. The molecule has 0 aliphatic rings. The van der Waals surface area contributed by atoms with Gasteiger partial charge in [0.15, 0.2) is 0 Å². The molecule has 0 heterocycles. The standard InChI is InChI=1S/C15H13Cl2FO2/c1-20-15-8-10(16)2-4-12(15)14(19)7-9-6-11(18)3-5-13(9)17/h2-6,8,14,19H,7H2,1H3. The van der Waals surface area contributed by atoms with E-state index in [0.717, 1.165) is 0 Å². The molecule has 2 rings (SSSR count). The summed E-state index contributed by atoms with van der Waals surface area (Å²) in [4.78, 5) is 0. The van der Waals surface area contributed by atoms with Crippen LogP contribution in [0.3, 0.4) is 0 Å². The Labute approximate surface area is 126 Å². The largest absolute Gasteiger partial charge is 0.496 e. The average molecular weight is 315 g/mol. The zero-order valence-corrected chi connectivity index (χ0v) is 12.2. The van der Waals surface area contributed by atoms with Crippen molar-refractivity contribution in [2.75, 3.05) is 7.11 Å². The Morgan fingerprint density at radius 2 is 1.95 bits per heavy atom. The third-order valence-electron chi connectivity index (χ3n) is 2.98. The quantitative estimate of drug-likeness (QED) is 0.905. The minimum absolute atomic E-state index is 0.189. The van der Waals surface area contributed by atoms with Crippen molar-refractivity contribution < 1.29 is 14.2 Å². The molecule has 1 N–H and O–H groups in total. The highest BCUT2D eigenvalue weighted by Gasteiger charge is 2.16. The summed E-state index contributed by atoms with van der Waals surface area (Å²) < 4.78 is 18.4. The molecule has 0 amide bonds. The van der Waals surface area contributed by atoms with Gasteiger partial charge in [0.25, 0.3) is 0 Å². The maximum Gasteiger partial charge on any atom is 0.126 e. The van der Waals surface area contributed by atoms with E-state index in [4.69, 9.17) is 27.9 Å². The van der Waals surface area contributed by atoms with Gasteiger partial charge in [-0.05, 0) is 35.9 Å². The molecule has 0 saturated carbocycles. The van der Waals surface area contributed by atoms with Crippen molar-refractivity contribution in [2.45, 2.75) is 12.5 Å².